The van der Waals surface area contributed by atoms with Gasteiger partial charge >= 0.3 is 5.97 Å². The monoisotopic (exact) mass is 367 g/mol. The molecule has 1 unspecified atom stereocenters. The largest absolute Gasteiger partial charge is 0.481 e. The second-order valence-corrected chi connectivity index (χ2v) is 6.81. The van der Waals surface area contributed by atoms with Crippen molar-refractivity contribution in [3.8, 4) is 0 Å². The molecule has 0 bridgehead atoms. The van der Waals surface area contributed by atoms with Gasteiger partial charge in [0.1, 0.15) is 0 Å². The zero-order valence-corrected chi connectivity index (χ0v) is 15.3. The Balaban J connectivity index is 1.69. The van der Waals surface area contributed by atoms with Crippen molar-refractivity contribution in [1.82, 2.24) is 4.90 Å². The molecule has 1 aliphatic rings. The lowest BCUT2D eigenvalue weighted by Gasteiger charge is -2.29. The number of rotatable bonds is 8. The summed E-state index contributed by atoms with van der Waals surface area (Å²) in [4.78, 5) is 25.6. The van der Waals surface area contributed by atoms with Crippen LogP contribution in [0.25, 0.3) is 0 Å². The first-order valence-electron chi connectivity index (χ1n) is 9.36. The summed E-state index contributed by atoms with van der Waals surface area (Å²) in [7, 11) is 0. The average molecular weight is 367 g/mol. The lowest BCUT2D eigenvalue weighted by molar-refractivity contribution is -0.139. The molecule has 0 aromatic heterocycles. The number of carbonyl (C=O) groups excluding carboxylic acids is 1. The van der Waals surface area contributed by atoms with Crippen molar-refractivity contribution in [2.24, 2.45) is 0 Å². The number of carboxylic acids is 1. The van der Waals surface area contributed by atoms with Crippen molar-refractivity contribution < 1.29 is 19.4 Å². The number of hydrogen-bond acceptors (Lipinski definition) is 3. The van der Waals surface area contributed by atoms with E-state index in [-0.39, 0.29) is 24.9 Å². The van der Waals surface area contributed by atoms with Gasteiger partial charge in [-0.25, -0.2) is 0 Å². The van der Waals surface area contributed by atoms with Crippen LogP contribution in [0.3, 0.4) is 0 Å². The van der Waals surface area contributed by atoms with Gasteiger partial charge in [0.15, 0.2) is 0 Å². The van der Waals surface area contributed by atoms with Crippen molar-refractivity contribution in [1.29, 1.82) is 0 Å². The first kappa shape index (κ1) is 19.1. The molecule has 1 amide bonds. The molecule has 27 heavy (non-hydrogen) atoms. The van der Waals surface area contributed by atoms with E-state index in [0.717, 1.165) is 17.5 Å². The van der Waals surface area contributed by atoms with E-state index in [0.29, 0.717) is 26.1 Å². The number of amides is 1. The molecule has 5 nitrogen and oxygen atoms in total. The Morgan fingerprint density at radius 3 is 2.59 bits per heavy atom. The Morgan fingerprint density at radius 1 is 1.07 bits per heavy atom. The van der Waals surface area contributed by atoms with Gasteiger partial charge in [-0.2, -0.15) is 0 Å². The molecule has 1 atom stereocenters. The molecule has 2 aromatic rings. The zero-order valence-electron chi connectivity index (χ0n) is 15.3. The van der Waals surface area contributed by atoms with Crippen LogP contribution in [0.15, 0.2) is 54.6 Å². The van der Waals surface area contributed by atoms with Crippen LogP contribution in [0, 0.1) is 0 Å². The number of hydrogen-bond donors (Lipinski definition) is 1. The third-order valence-electron chi connectivity index (χ3n) is 4.84. The minimum absolute atomic E-state index is 0.00838. The van der Waals surface area contributed by atoms with E-state index in [1.54, 1.807) is 4.90 Å². The summed E-state index contributed by atoms with van der Waals surface area (Å²) in [6.07, 6.45) is 1.40. The van der Waals surface area contributed by atoms with Crippen LogP contribution in [0.1, 0.15) is 42.1 Å². The van der Waals surface area contributed by atoms with E-state index in [1.807, 2.05) is 48.5 Å². The Labute approximate surface area is 159 Å². The minimum atomic E-state index is -0.841. The molecule has 0 saturated carbocycles. The lowest BCUT2D eigenvalue weighted by Crippen LogP contribution is -2.34. The van der Waals surface area contributed by atoms with E-state index < -0.39 is 5.97 Å². The van der Waals surface area contributed by atoms with E-state index in [4.69, 9.17) is 9.84 Å². The summed E-state index contributed by atoms with van der Waals surface area (Å²) in [5.74, 6) is -0.849. The maximum Gasteiger partial charge on any atom is 0.303 e. The van der Waals surface area contributed by atoms with E-state index >= 15 is 0 Å². The molecular weight excluding hydrogens is 342 g/mol. The van der Waals surface area contributed by atoms with Gasteiger partial charge in [-0.15, -0.1) is 0 Å². The van der Waals surface area contributed by atoms with Crippen molar-refractivity contribution in [2.45, 2.75) is 38.3 Å². The van der Waals surface area contributed by atoms with Crippen LogP contribution >= 0.6 is 0 Å². The van der Waals surface area contributed by atoms with Crippen LogP contribution < -0.4 is 0 Å². The van der Waals surface area contributed by atoms with Crippen molar-refractivity contribution >= 4 is 11.9 Å². The molecule has 5 heteroatoms. The molecule has 1 heterocycles. The molecule has 0 radical (unpaired) electrons. The van der Waals surface area contributed by atoms with Crippen LogP contribution in [0.5, 0.6) is 0 Å². The predicted molar refractivity (Wildman–Crippen MR) is 102 cm³/mol. The zero-order chi connectivity index (χ0) is 19.1. The number of carbonyl (C=O) groups is 2. The quantitative estimate of drug-likeness (QED) is 0.774. The van der Waals surface area contributed by atoms with Crippen LogP contribution in [-0.2, 0) is 27.3 Å². The second kappa shape index (κ2) is 9.33. The number of benzene rings is 2. The minimum Gasteiger partial charge on any atom is -0.481 e. The van der Waals surface area contributed by atoms with Crippen molar-refractivity contribution in [3.63, 3.8) is 0 Å². The highest BCUT2D eigenvalue weighted by Gasteiger charge is 2.25. The van der Waals surface area contributed by atoms with Crippen LogP contribution in [0.2, 0.25) is 0 Å². The van der Waals surface area contributed by atoms with Crippen LogP contribution in [0.4, 0.5) is 0 Å². The van der Waals surface area contributed by atoms with Gasteiger partial charge in [0.25, 0.3) is 0 Å². The number of ether oxygens (including phenoxy) is 1. The average Bonchev–Trinajstić information content (AvgIpc) is 2.68. The highest BCUT2D eigenvalue weighted by atomic mass is 16.5. The summed E-state index contributed by atoms with van der Waals surface area (Å²) < 4.78 is 5.88. The van der Waals surface area contributed by atoms with Gasteiger partial charge < -0.3 is 14.7 Å². The molecular formula is C22H25NO4. The molecule has 2 aromatic carbocycles. The highest BCUT2D eigenvalue weighted by molar-refractivity contribution is 5.77. The number of carboxylic acid groups (broad SMARTS) is 1. The van der Waals surface area contributed by atoms with Crippen molar-refractivity contribution in [2.75, 3.05) is 13.2 Å². The molecule has 1 aliphatic heterocycles. The standard InChI is InChI=1S/C22H25NO4/c24-21(15-20-19-10-5-4-9-18(19)12-14-27-20)23(13-6-11-22(25)26)16-17-7-2-1-3-8-17/h1-5,7-10,20H,6,11-16H2,(H,25,26). The Kier molecular flexibility index (Phi) is 6.60. The van der Waals surface area contributed by atoms with Crippen molar-refractivity contribution in [3.05, 3.63) is 71.3 Å². The molecule has 142 valence electrons. The Hall–Kier alpha value is -2.66. The third-order valence-corrected chi connectivity index (χ3v) is 4.84. The van der Waals surface area contributed by atoms with E-state index in [2.05, 4.69) is 6.07 Å². The van der Waals surface area contributed by atoms with Gasteiger partial charge in [0, 0.05) is 19.5 Å². The fourth-order valence-electron chi connectivity index (χ4n) is 3.45. The van der Waals surface area contributed by atoms with Gasteiger partial charge in [0.05, 0.1) is 19.1 Å². The fraction of sp³-hybridized carbons (Fsp3) is 0.364. The predicted octanol–water partition coefficient (Wildman–Crippen LogP) is 3.58. The summed E-state index contributed by atoms with van der Waals surface area (Å²) in [5.41, 5.74) is 3.36. The van der Waals surface area contributed by atoms with Crippen LogP contribution in [-0.4, -0.2) is 35.0 Å². The fourth-order valence-corrected chi connectivity index (χ4v) is 3.45. The normalized spacial score (nSPS) is 15.8. The smallest absolute Gasteiger partial charge is 0.303 e. The van der Waals surface area contributed by atoms with Gasteiger partial charge in [-0.05, 0) is 29.5 Å². The third kappa shape index (κ3) is 5.41. The number of nitrogens with zero attached hydrogens (tertiary/aromatic N) is 1. The maximum absolute atomic E-state index is 13.0. The van der Waals surface area contributed by atoms with E-state index in [9.17, 15) is 9.59 Å². The molecule has 0 spiro atoms. The lowest BCUT2D eigenvalue weighted by atomic mass is 9.95. The number of aliphatic carboxylic acids is 1. The molecule has 0 aliphatic carbocycles. The molecule has 0 fully saturated rings. The second-order valence-electron chi connectivity index (χ2n) is 6.81. The molecule has 0 saturated heterocycles. The van der Waals surface area contributed by atoms with Gasteiger partial charge in [-0.3, -0.25) is 9.59 Å². The summed E-state index contributed by atoms with van der Waals surface area (Å²) in [6.45, 7) is 1.52. The van der Waals surface area contributed by atoms with Gasteiger partial charge in [0.2, 0.25) is 5.91 Å². The molecule has 3 rings (SSSR count). The maximum atomic E-state index is 13.0. The summed E-state index contributed by atoms with van der Waals surface area (Å²) >= 11 is 0. The Bertz CT molecular complexity index is 775. The SMILES string of the molecule is O=C(O)CCCN(Cc1ccccc1)C(=O)CC1OCCc2ccccc21. The van der Waals surface area contributed by atoms with Gasteiger partial charge in [-0.1, -0.05) is 54.6 Å². The topological polar surface area (TPSA) is 66.8 Å². The van der Waals surface area contributed by atoms with E-state index in [1.165, 1.54) is 5.56 Å². The molecule has 1 N–H and O–H groups in total. The summed E-state index contributed by atoms with van der Waals surface area (Å²) in [5, 5.41) is 8.90. The highest BCUT2D eigenvalue weighted by Crippen LogP contribution is 2.30. The first-order chi connectivity index (χ1) is 13.1. The summed E-state index contributed by atoms with van der Waals surface area (Å²) in [6, 6.07) is 17.9. The number of fused-ring (bicyclic) bond motifs is 1. The first-order valence-corrected chi connectivity index (χ1v) is 9.36. The Morgan fingerprint density at radius 2 is 1.81 bits per heavy atom.